The number of amides is 1. The van der Waals surface area contributed by atoms with Crippen molar-refractivity contribution in [3.05, 3.63) is 29.3 Å². The lowest BCUT2D eigenvalue weighted by molar-refractivity contribution is -0.118. The van der Waals surface area contributed by atoms with E-state index >= 15 is 0 Å². The third kappa shape index (κ3) is 4.19. The molecule has 0 spiro atoms. The van der Waals surface area contributed by atoms with Crippen LogP contribution in [0.1, 0.15) is 30.9 Å². The van der Waals surface area contributed by atoms with Gasteiger partial charge in [-0.1, -0.05) is 6.07 Å². The normalized spacial score (nSPS) is 12.3. The summed E-state index contributed by atoms with van der Waals surface area (Å²) in [5.74, 6) is 0.0379. The van der Waals surface area contributed by atoms with Crippen LogP contribution in [-0.2, 0) is 4.79 Å². The lowest BCUT2D eigenvalue weighted by Gasteiger charge is -2.19. The number of carbonyl (C=O) groups is 1. The predicted molar refractivity (Wildman–Crippen MR) is 70.2 cm³/mol. The fraction of sp³-hybridized carbons (Fsp3) is 0.500. The standard InChI is InChI=1S/C14H21NO2/c1-10-7-11(2)9-13(8-10)15(4)14(17)6-5-12(3)16/h7-9,12,16H,5-6H2,1-4H3. The Morgan fingerprint density at radius 2 is 1.82 bits per heavy atom. The lowest BCUT2D eigenvalue weighted by Crippen LogP contribution is -2.26. The second kappa shape index (κ2) is 5.82. The van der Waals surface area contributed by atoms with Crippen LogP contribution in [0.15, 0.2) is 18.2 Å². The molecule has 0 fully saturated rings. The van der Waals surface area contributed by atoms with Crippen molar-refractivity contribution in [1.29, 1.82) is 0 Å². The minimum Gasteiger partial charge on any atom is -0.393 e. The predicted octanol–water partition coefficient (Wildman–Crippen LogP) is 2.43. The molecule has 1 rings (SSSR count). The summed E-state index contributed by atoms with van der Waals surface area (Å²) in [7, 11) is 1.78. The zero-order valence-electron chi connectivity index (χ0n) is 11.0. The molecule has 1 unspecified atom stereocenters. The van der Waals surface area contributed by atoms with Gasteiger partial charge in [-0.05, 0) is 50.5 Å². The summed E-state index contributed by atoms with van der Waals surface area (Å²) in [5, 5.41) is 9.17. The van der Waals surface area contributed by atoms with Gasteiger partial charge in [0.25, 0.3) is 0 Å². The van der Waals surface area contributed by atoms with Gasteiger partial charge in [0, 0.05) is 19.2 Å². The third-order valence-electron chi connectivity index (χ3n) is 2.74. The summed E-state index contributed by atoms with van der Waals surface area (Å²) in [6.45, 7) is 5.74. The Kier molecular flexibility index (Phi) is 4.70. The maximum absolute atomic E-state index is 11.9. The number of benzene rings is 1. The molecule has 0 aliphatic carbocycles. The summed E-state index contributed by atoms with van der Waals surface area (Å²) >= 11 is 0. The summed E-state index contributed by atoms with van der Waals surface area (Å²) < 4.78 is 0. The molecule has 0 saturated carbocycles. The molecule has 1 atom stereocenters. The molecular formula is C14H21NO2. The Balaban J connectivity index is 2.74. The molecule has 3 heteroatoms. The molecule has 1 aromatic rings. The Labute approximate surface area is 103 Å². The van der Waals surface area contributed by atoms with Crippen molar-refractivity contribution in [2.24, 2.45) is 0 Å². The molecule has 1 N–H and O–H groups in total. The molecule has 1 aromatic carbocycles. The second-order valence-electron chi connectivity index (χ2n) is 4.69. The van der Waals surface area contributed by atoms with Crippen LogP contribution in [0.5, 0.6) is 0 Å². The number of rotatable bonds is 4. The second-order valence-corrected chi connectivity index (χ2v) is 4.69. The maximum atomic E-state index is 11.9. The highest BCUT2D eigenvalue weighted by Crippen LogP contribution is 2.18. The molecule has 17 heavy (non-hydrogen) atoms. The summed E-state index contributed by atoms with van der Waals surface area (Å²) in [6.07, 6.45) is 0.460. The van der Waals surface area contributed by atoms with Gasteiger partial charge in [0.2, 0.25) is 5.91 Å². The Hall–Kier alpha value is -1.35. The Morgan fingerprint density at radius 3 is 2.29 bits per heavy atom. The summed E-state index contributed by atoms with van der Waals surface area (Å²) in [5.41, 5.74) is 3.21. The third-order valence-corrected chi connectivity index (χ3v) is 2.74. The molecule has 0 bridgehead atoms. The van der Waals surface area contributed by atoms with Crippen LogP contribution < -0.4 is 4.90 Å². The van der Waals surface area contributed by atoms with Gasteiger partial charge in [-0.25, -0.2) is 0 Å². The molecule has 3 nitrogen and oxygen atoms in total. The van der Waals surface area contributed by atoms with Crippen LogP contribution in [0, 0.1) is 13.8 Å². The summed E-state index contributed by atoms with van der Waals surface area (Å²) in [6, 6.07) is 6.07. The van der Waals surface area contributed by atoms with Crippen molar-refractivity contribution in [2.75, 3.05) is 11.9 Å². The number of aliphatic hydroxyl groups is 1. The van der Waals surface area contributed by atoms with Crippen LogP contribution in [-0.4, -0.2) is 24.2 Å². The van der Waals surface area contributed by atoms with Crippen molar-refractivity contribution in [3.8, 4) is 0 Å². The summed E-state index contributed by atoms with van der Waals surface area (Å²) in [4.78, 5) is 13.5. The average Bonchev–Trinajstić information content (AvgIpc) is 2.23. The van der Waals surface area contributed by atoms with Crippen molar-refractivity contribution in [2.45, 2.75) is 39.7 Å². The van der Waals surface area contributed by atoms with E-state index in [9.17, 15) is 9.90 Å². The van der Waals surface area contributed by atoms with Gasteiger partial charge in [-0.2, -0.15) is 0 Å². The van der Waals surface area contributed by atoms with Gasteiger partial charge in [0.05, 0.1) is 6.10 Å². The topological polar surface area (TPSA) is 40.5 Å². The maximum Gasteiger partial charge on any atom is 0.226 e. The van der Waals surface area contributed by atoms with E-state index in [2.05, 4.69) is 6.07 Å². The highest BCUT2D eigenvalue weighted by molar-refractivity contribution is 5.92. The number of hydrogen-bond acceptors (Lipinski definition) is 2. The van der Waals surface area contributed by atoms with E-state index < -0.39 is 6.10 Å². The van der Waals surface area contributed by atoms with Gasteiger partial charge in [0.1, 0.15) is 0 Å². The van der Waals surface area contributed by atoms with E-state index in [0.29, 0.717) is 12.8 Å². The lowest BCUT2D eigenvalue weighted by atomic mass is 10.1. The molecule has 0 aromatic heterocycles. The monoisotopic (exact) mass is 235 g/mol. The largest absolute Gasteiger partial charge is 0.393 e. The first-order chi connectivity index (χ1) is 7.90. The molecule has 0 heterocycles. The van der Waals surface area contributed by atoms with Crippen molar-refractivity contribution in [1.82, 2.24) is 0 Å². The fourth-order valence-corrected chi connectivity index (χ4v) is 1.79. The van der Waals surface area contributed by atoms with Crippen LogP contribution in [0.4, 0.5) is 5.69 Å². The van der Waals surface area contributed by atoms with E-state index in [4.69, 9.17) is 0 Å². The number of anilines is 1. The number of hydrogen-bond donors (Lipinski definition) is 1. The fourth-order valence-electron chi connectivity index (χ4n) is 1.79. The van der Waals surface area contributed by atoms with E-state index in [1.54, 1.807) is 18.9 Å². The van der Waals surface area contributed by atoms with Crippen LogP contribution in [0.25, 0.3) is 0 Å². The van der Waals surface area contributed by atoms with Gasteiger partial charge < -0.3 is 10.0 Å². The van der Waals surface area contributed by atoms with E-state index in [1.165, 1.54) is 0 Å². The van der Waals surface area contributed by atoms with Gasteiger partial charge in [0.15, 0.2) is 0 Å². The Morgan fingerprint density at radius 1 is 1.29 bits per heavy atom. The Bertz CT molecular complexity index is 379. The number of nitrogens with zero attached hydrogens (tertiary/aromatic N) is 1. The molecular weight excluding hydrogens is 214 g/mol. The molecule has 0 saturated heterocycles. The van der Waals surface area contributed by atoms with E-state index in [1.807, 2.05) is 26.0 Å². The van der Waals surface area contributed by atoms with Crippen molar-refractivity contribution < 1.29 is 9.90 Å². The average molecular weight is 235 g/mol. The molecule has 0 radical (unpaired) electrons. The molecule has 94 valence electrons. The zero-order chi connectivity index (χ0) is 13.0. The SMILES string of the molecule is Cc1cc(C)cc(N(C)C(=O)CCC(C)O)c1. The zero-order valence-corrected chi connectivity index (χ0v) is 11.0. The van der Waals surface area contributed by atoms with E-state index in [0.717, 1.165) is 16.8 Å². The first kappa shape index (κ1) is 13.7. The quantitative estimate of drug-likeness (QED) is 0.870. The van der Waals surface area contributed by atoms with Crippen LogP contribution in [0.3, 0.4) is 0 Å². The van der Waals surface area contributed by atoms with Crippen molar-refractivity contribution in [3.63, 3.8) is 0 Å². The highest BCUT2D eigenvalue weighted by Gasteiger charge is 2.12. The highest BCUT2D eigenvalue weighted by atomic mass is 16.3. The first-order valence-corrected chi connectivity index (χ1v) is 5.93. The van der Waals surface area contributed by atoms with Gasteiger partial charge >= 0.3 is 0 Å². The number of carbonyl (C=O) groups excluding carboxylic acids is 1. The molecule has 0 aliphatic rings. The smallest absolute Gasteiger partial charge is 0.226 e. The molecule has 1 amide bonds. The number of aryl methyl sites for hydroxylation is 2. The minimum atomic E-state index is -0.424. The minimum absolute atomic E-state index is 0.0379. The van der Waals surface area contributed by atoms with E-state index in [-0.39, 0.29) is 5.91 Å². The van der Waals surface area contributed by atoms with Crippen LogP contribution in [0.2, 0.25) is 0 Å². The number of aliphatic hydroxyl groups excluding tert-OH is 1. The van der Waals surface area contributed by atoms with Gasteiger partial charge in [-0.3, -0.25) is 4.79 Å². The van der Waals surface area contributed by atoms with Crippen molar-refractivity contribution >= 4 is 11.6 Å². The van der Waals surface area contributed by atoms with Gasteiger partial charge in [-0.15, -0.1) is 0 Å². The van der Waals surface area contributed by atoms with Crippen LogP contribution >= 0.6 is 0 Å². The molecule has 0 aliphatic heterocycles. The first-order valence-electron chi connectivity index (χ1n) is 5.93.